The maximum absolute atomic E-state index is 12.4. The minimum absolute atomic E-state index is 0.0455. The molecule has 1 heterocycles. The summed E-state index contributed by atoms with van der Waals surface area (Å²) in [7, 11) is 1.45. The molecule has 0 fully saturated rings. The fraction of sp³-hybridized carbons (Fsp3) is 0.364. The smallest absolute Gasteiger partial charge is 0.342 e. The van der Waals surface area contributed by atoms with E-state index in [1.165, 1.54) is 25.3 Å². The van der Waals surface area contributed by atoms with E-state index in [0.717, 1.165) is 5.56 Å². The molecule has 0 bridgehead atoms. The van der Waals surface area contributed by atoms with Crippen LogP contribution in [0.5, 0.6) is 23.0 Å². The van der Waals surface area contributed by atoms with Crippen LogP contribution in [0, 0.1) is 5.92 Å². The molecular formula is C22H25NO7. The van der Waals surface area contributed by atoms with Gasteiger partial charge in [0, 0.05) is 6.07 Å². The highest BCUT2D eigenvalue weighted by molar-refractivity contribution is 5.94. The molecule has 1 amide bonds. The Morgan fingerprint density at radius 1 is 1.10 bits per heavy atom. The van der Waals surface area contributed by atoms with Gasteiger partial charge in [0.2, 0.25) is 0 Å². The lowest BCUT2D eigenvalue weighted by molar-refractivity contribution is -0.125. The first-order valence-electron chi connectivity index (χ1n) is 9.62. The predicted molar refractivity (Wildman–Crippen MR) is 108 cm³/mol. The van der Waals surface area contributed by atoms with Crippen molar-refractivity contribution in [1.29, 1.82) is 0 Å². The topological polar surface area (TPSA) is 103 Å². The Bertz CT molecular complexity index is 926. The Kier molecular flexibility index (Phi) is 6.66. The molecule has 0 unspecified atom stereocenters. The van der Waals surface area contributed by atoms with Gasteiger partial charge in [-0.2, -0.15) is 0 Å². The van der Waals surface area contributed by atoms with Crippen molar-refractivity contribution in [2.45, 2.75) is 19.9 Å². The Morgan fingerprint density at radius 2 is 1.83 bits per heavy atom. The molecule has 0 saturated carbocycles. The lowest BCUT2D eigenvalue weighted by Gasteiger charge is -2.25. The van der Waals surface area contributed by atoms with Crippen molar-refractivity contribution in [3.8, 4) is 23.0 Å². The van der Waals surface area contributed by atoms with Gasteiger partial charge in [-0.15, -0.1) is 0 Å². The zero-order chi connectivity index (χ0) is 21.7. The molecule has 0 saturated heterocycles. The summed E-state index contributed by atoms with van der Waals surface area (Å²) >= 11 is 0. The fourth-order valence-electron chi connectivity index (χ4n) is 3.12. The van der Waals surface area contributed by atoms with Crippen LogP contribution >= 0.6 is 0 Å². The number of esters is 1. The van der Waals surface area contributed by atoms with Crippen molar-refractivity contribution in [2.75, 3.05) is 26.9 Å². The van der Waals surface area contributed by atoms with Crippen LogP contribution in [0.3, 0.4) is 0 Å². The third-order valence-electron chi connectivity index (χ3n) is 4.67. The number of carbonyl (C=O) groups excluding carboxylic acids is 2. The first-order valence-corrected chi connectivity index (χ1v) is 9.62. The van der Waals surface area contributed by atoms with Crippen LogP contribution < -0.4 is 19.5 Å². The van der Waals surface area contributed by atoms with E-state index in [-0.39, 0.29) is 23.3 Å². The maximum atomic E-state index is 12.4. The van der Waals surface area contributed by atoms with Crippen LogP contribution in [-0.4, -0.2) is 43.9 Å². The number of hydrogen-bond acceptors (Lipinski definition) is 7. The average Bonchev–Trinajstić information content (AvgIpc) is 2.75. The zero-order valence-corrected chi connectivity index (χ0v) is 17.1. The Hall–Kier alpha value is -3.42. The van der Waals surface area contributed by atoms with Gasteiger partial charge in [0.25, 0.3) is 5.91 Å². The third kappa shape index (κ3) is 4.94. The van der Waals surface area contributed by atoms with Crippen LogP contribution in [0.25, 0.3) is 0 Å². The second kappa shape index (κ2) is 9.39. The molecule has 8 heteroatoms. The molecule has 1 aliphatic heterocycles. The van der Waals surface area contributed by atoms with Gasteiger partial charge in [-0.05, 0) is 35.7 Å². The number of phenolic OH excluding ortho intramolecular Hbond substituents is 1. The largest absolute Gasteiger partial charge is 0.507 e. The van der Waals surface area contributed by atoms with Gasteiger partial charge in [-0.25, -0.2) is 4.79 Å². The van der Waals surface area contributed by atoms with E-state index in [0.29, 0.717) is 30.5 Å². The first-order chi connectivity index (χ1) is 14.4. The second-order valence-corrected chi connectivity index (χ2v) is 7.15. The first kappa shape index (κ1) is 21.3. The molecule has 8 nitrogen and oxygen atoms in total. The number of rotatable bonds is 7. The number of carbonyl (C=O) groups is 2. The lowest BCUT2D eigenvalue weighted by Crippen LogP contribution is -2.35. The standard InChI is InChI=1S/C22H25NO7/c1-13(2)21(14-4-7-18-19(10-14)29-9-8-28-18)23-20(25)12-30-22(26)16-6-5-15(27-3)11-17(16)24/h4-7,10-11,13,21,24H,8-9,12H2,1-3H3,(H,23,25)/t21-/m1/s1. The molecule has 1 atom stereocenters. The average molecular weight is 415 g/mol. The Labute approximate surface area is 174 Å². The van der Waals surface area contributed by atoms with Crippen LogP contribution in [0.4, 0.5) is 0 Å². The van der Waals surface area contributed by atoms with Crippen LogP contribution in [-0.2, 0) is 9.53 Å². The van der Waals surface area contributed by atoms with Gasteiger partial charge in [-0.1, -0.05) is 19.9 Å². The third-order valence-corrected chi connectivity index (χ3v) is 4.67. The van der Waals surface area contributed by atoms with Gasteiger partial charge in [0.05, 0.1) is 13.2 Å². The van der Waals surface area contributed by atoms with Crippen LogP contribution in [0.1, 0.15) is 35.8 Å². The molecule has 160 valence electrons. The highest BCUT2D eigenvalue weighted by Crippen LogP contribution is 2.34. The molecule has 3 rings (SSSR count). The van der Waals surface area contributed by atoms with Crippen LogP contribution in [0.2, 0.25) is 0 Å². The summed E-state index contributed by atoms with van der Waals surface area (Å²) in [5, 5.41) is 12.8. The summed E-state index contributed by atoms with van der Waals surface area (Å²) < 4.78 is 21.2. The summed E-state index contributed by atoms with van der Waals surface area (Å²) in [5.41, 5.74) is 0.817. The van der Waals surface area contributed by atoms with E-state index in [2.05, 4.69) is 5.32 Å². The zero-order valence-electron chi connectivity index (χ0n) is 17.1. The number of fused-ring (bicyclic) bond motifs is 1. The van der Waals surface area contributed by atoms with Crippen molar-refractivity contribution in [3.05, 3.63) is 47.5 Å². The van der Waals surface area contributed by atoms with E-state index in [9.17, 15) is 14.7 Å². The summed E-state index contributed by atoms with van der Waals surface area (Å²) in [6.07, 6.45) is 0. The van der Waals surface area contributed by atoms with Gasteiger partial charge in [-0.3, -0.25) is 4.79 Å². The van der Waals surface area contributed by atoms with Gasteiger partial charge in [0.1, 0.15) is 30.3 Å². The van der Waals surface area contributed by atoms with E-state index in [4.69, 9.17) is 18.9 Å². The van der Waals surface area contributed by atoms with Crippen molar-refractivity contribution in [1.82, 2.24) is 5.32 Å². The number of hydrogen-bond donors (Lipinski definition) is 2. The van der Waals surface area contributed by atoms with Crippen LogP contribution in [0.15, 0.2) is 36.4 Å². The maximum Gasteiger partial charge on any atom is 0.342 e. The number of methoxy groups -OCH3 is 1. The number of ether oxygens (including phenoxy) is 4. The van der Waals surface area contributed by atoms with Gasteiger partial charge >= 0.3 is 5.97 Å². The predicted octanol–water partition coefficient (Wildman–Crippen LogP) is 2.84. The number of amides is 1. The molecule has 30 heavy (non-hydrogen) atoms. The molecule has 0 radical (unpaired) electrons. The van der Waals surface area contributed by atoms with Gasteiger partial charge in [0.15, 0.2) is 18.1 Å². The van der Waals surface area contributed by atoms with Crippen molar-refractivity contribution in [3.63, 3.8) is 0 Å². The number of nitrogens with one attached hydrogen (secondary N) is 1. The lowest BCUT2D eigenvalue weighted by atomic mass is 9.95. The Morgan fingerprint density at radius 3 is 2.50 bits per heavy atom. The Balaban J connectivity index is 1.62. The quantitative estimate of drug-likeness (QED) is 0.670. The van der Waals surface area contributed by atoms with Crippen molar-refractivity contribution in [2.24, 2.45) is 5.92 Å². The summed E-state index contributed by atoms with van der Waals surface area (Å²) in [4.78, 5) is 24.6. The monoisotopic (exact) mass is 415 g/mol. The van der Waals surface area contributed by atoms with E-state index >= 15 is 0 Å². The molecular weight excluding hydrogens is 390 g/mol. The SMILES string of the molecule is COc1ccc(C(=O)OCC(=O)N[C@@H](c2ccc3c(c2)OCCO3)C(C)C)c(O)c1. The minimum Gasteiger partial charge on any atom is -0.507 e. The highest BCUT2D eigenvalue weighted by atomic mass is 16.6. The number of benzene rings is 2. The van der Waals surface area contributed by atoms with E-state index in [1.54, 1.807) is 0 Å². The fourth-order valence-corrected chi connectivity index (χ4v) is 3.12. The highest BCUT2D eigenvalue weighted by Gasteiger charge is 2.22. The normalized spacial score (nSPS) is 13.5. The van der Waals surface area contributed by atoms with E-state index in [1.807, 2.05) is 32.0 Å². The number of phenols is 1. The molecule has 2 aromatic rings. The molecule has 0 spiro atoms. The summed E-state index contributed by atoms with van der Waals surface area (Å²) in [6, 6.07) is 9.43. The molecule has 0 aromatic heterocycles. The summed E-state index contributed by atoms with van der Waals surface area (Å²) in [6.45, 7) is 4.46. The molecule has 1 aliphatic rings. The minimum atomic E-state index is -0.800. The van der Waals surface area contributed by atoms with E-state index < -0.39 is 18.5 Å². The molecule has 2 aromatic carbocycles. The molecule has 0 aliphatic carbocycles. The number of aromatic hydroxyl groups is 1. The van der Waals surface area contributed by atoms with Crippen molar-refractivity contribution < 1.29 is 33.6 Å². The molecule has 2 N–H and O–H groups in total. The second-order valence-electron chi connectivity index (χ2n) is 7.15. The van der Waals surface area contributed by atoms with Crippen molar-refractivity contribution >= 4 is 11.9 Å². The van der Waals surface area contributed by atoms with Gasteiger partial charge < -0.3 is 29.4 Å². The summed E-state index contributed by atoms with van der Waals surface area (Å²) in [5.74, 6) is 0.262.